The van der Waals surface area contributed by atoms with Gasteiger partial charge in [0.25, 0.3) is 0 Å². The van der Waals surface area contributed by atoms with Crippen LogP contribution >= 0.6 is 15.9 Å². The van der Waals surface area contributed by atoms with E-state index in [1.54, 1.807) is 0 Å². The summed E-state index contributed by atoms with van der Waals surface area (Å²) in [6.07, 6.45) is 1.85. The summed E-state index contributed by atoms with van der Waals surface area (Å²) in [5.41, 5.74) is 1.18. The second-order valence-corrected chi connectivity index (χ2v) is 5.03. The van der Waals surface area contributed by atoms with Gasteiger partial charge in [0.2, 0.25) is 0 Å². The Morgan fingerprint density at radius 3 is 2.21 bits per heavy atom. The highest BCUT2D eigenvalue weighted by molar-refractivity contribution is 9.10. The summed E-state index contributed by atoms with van der Waals surface area (Å²) in [7, 11) is 0. The maximum absolute atomic E-state index is 5.43. The first-order valence-corrected chi connectivity index (χ1v) is 7.50. The third kappa shape index (κ3) is 5.89. The molecule has 0 atom stereocenters. The monoisotopic (exact) mass is 330 g/mol. The van der Waals surface area contributed by atoms with Crippen LogP contribution in [0, 0.1) is 6.92 Å². The van der Waals surface area contributed by atoms with Crippen LogP contribution < -0.4 is 4.90 Å². The number of halogens is 1. The molecule has 1 aromatic heterocycles. The summed E-state index contributed by atoms with van der Waals surface area (Å²) < 4.78 is 11.9. The summed E-state index contributed by atoms with van der Waals surface area (Å²) in [6.45, 7) is 10.6. The van der Waals surface area contributed by atoms with E-state index in [-0.39, 0.29) is 0 Å². The Morgan fingerprint density at radius 2 is 1.74 bits per heavy atom. The minimum Gasteiger partial charge on any atom is -0.380 e. The van der Waals surface area contributed by atoms with Crippen LogP contribution in [0.2, 0.25) is 0 Å². The van der Waals surface area contributed by atoms with Gasteiger partial charge >= 0.3 is 0 Å². The van der Waals surface area contributed by atoms with Gasteiger partial charge in [-0.2, -0.15) is 0 Å². The zero-order valence-electron chi connectivity index (χ0n) is 12.0. The molecule has 0 aromatic carbocycles. The van der Waals surface area contributed by atoms with Gasteiger partial charge in [0.1, 0.15) is 5.82 Å². The molecule has 0 saturated heterocycles. The SMILES string of the molecule is CCOCCN(CCOCC)c1cc(C)c(Br)cn1. The van der Waals surface area contributed by atoms with Crippen molar-refractivity contribution >= 4 is 21.7 Å². The number of rotatable bonds is 9. The Bertz CT molecular complexity index is 364. The van der Waals surface area contributed by atoms with Crippen LogP contribution in [-0.2, 0) is 9.47 Å². The fraction of sp³-hybridized carbons (Fsp3) is 0.643. The quantitative estimate of drug-likeness (QED) is 0.652. The first-order valence-electron chi connectivity index (χ1n) is 6.71. The molecular formula is C14H23BrN2O2. The molecule has 0 bridgehead atoms. The van der Waals surface area contributed by atoms with E-state index in [1.165, 1.54) is 5.56 Å². The number of ether oxygens (including phenoxy) is 2. The first-order chi connectivity index (χ1) is 9.19. The van der Waals surface area contributed by atoms with Gasteiger partial charge in [0, 0.05) is 37.0 Å². The lowest BCUT2D eigenvalue weighted by atomic mass is 10.3. The van der Waals surface area contributed by atoms with E-state index < -0.39 is 0 Å². The summed E-state index contributed by atoms with van der Waals surface area (Å²) in [4.78, 5) is 6.66. The van der Waals surface area contributed by atoms with Crippen molar-refractivity contribution in [3.8, 4) is 0 Å². The number of pyridine rings is 1. The summed E-state index contributed by atoms with van der Waals surface area (Å²) in [5.74, 6) is 0.972. The minimum atomic E-state index is 0.708. The summed E-state index contributed by atoms with van der Waals surface area (Å²) in [5, 5.41) is 0. The minimum absolute atomic E-state index is 0.708. The predicted molar refractivity (Wildman–Crippen MR) is 81.9 cm³/mol. The molecule has 0 radical (unpaired) electrons. The Kier molecular flexibility index (Phi) is 8.02. The van der Waals surface area contributed by atoms with Crippen molar-refractivity contribution < 1.29 is 9.47 Å². The number of hydrogen-bond donors (Lipinski definition) is 0. The topological polar surface area (TPSA) is 34.6 Å². The second-order valence-electron chi connectivity index (χ2n) is 4.17. The van der Waals surface area contributed by atoms with Gasteiger partial charge in [-0.25, -0.2) is 4.98 Å². The van der Waals surface area contributed by atoms with E-state index in [0.29, 0.717) is 13.2 Å². The molecule has 0 aliphatic heterocycles. The Hall–Kier alpha value is -0.650. The van der Waals surface area contributed by atoms with Gasteiger partial charge in [-0.3, -0.25) is 0 Å². The highest BCUT2D eigenvalue weighted by Crippen LogP contribution is 2.19. The van der Waals surface area contributed by atoms with Crippen LogP contribution in [0.5, 0.6) is 0 Å². The Labute approximate surface area is 124 Å². The molecule has 19 heavy (non-hydrogen) atoms. The third-order valence-electron chi connectivity index (χ3n) is 2.78. The van der Waals surface area contributed by atoms with Crippen LogP contribution in [0.1, 0.15) is 19.4 Å². The van der Waals surface area contributed by atoms with Gasteiger partial charge < -0.3 is 14.4 Å². The molecule has 0 aliphatic carbocycles. The van der Waals surface area contributed by atoms with Crippen LogP contribution in [-0.4, -0.2) is 44.5 Å². The second kappa shape index (κ2) is 9.28. The molecule has 0 N–H and O–H groups in total. The van der Waals surface area contributed by atoms with Gasteiger partial charge in [-0.05, 0) is 48.3 Å². The lowest BCUT2D eigenvalue weighted by Crippen LogP contribution is -2.31. The summed E-state index contributed by atoms with van der Waals surface area (Å²) >= 11 is 3.48. The average Bonchev–Trinajstić information content (AvgIpc) is 2.41. The van der Waals surface area contributed by atoms with Crippen LogP contribution in [0.25, 0.3) is 0 Å². The lowest BCUT2D eigenvalue weighted by molar-refractivity contribution is 0.141. The van der Waals surface area contributed by atoms with E-state index in [0.717, 1.165) is 36.6 Å². The van der Waals surface area contributed by atoms with E-state index in [9.17, 15) is 0 Å². The van der Waals surface area contributed by atoms with Gasteiger partial charge in [-0.1, -0.05) is 0 Å². The molecule has 4 nitrogen and oxygen atoms in total. The van der Waals surface area contributed by atoms with Crippen molar-refractivity contribution in [2.45, 2.75) is 20.8 Å². The predicted octanol–water partition coefficient (Wildman–Crippen LogP) is 3.03. The Balaban J connectivity index is 2.66. The molecule has 0 aliphatic rings. The fourth-order valence-corrected chi connectivity index (χ4v) is 1.89. The average molecular weight is 331 g/mol. The number of aromatic nitrogens is 1. The smallest absolute Gasteiger partial charge is 0.128 e. The molecule has 1 heterocycles. The molecule has 0 amide bonds. The maximum Gasteiger partial charge on any atom is 0.128 e. The van der Waals surface area contributed by atoms with Crippen LogP contribution in [0.15, 0.2) is 16.7 Å². The lowest BCUT2D eigenvalue weighted by Gasteiger charge is -2.24. The largest absolute Gasteiger partial charge is 0.380 e. The van der Waals surface area contributed by atoms with E-state index in [1.807, 2.05) is 20.0 Å². The zero-order chi connectivity index (χ0) is 14.1. The standard InChI is InChI=1S/C14H23BrN2O2/c1-4-18-8-6-17(7-9-19-5-2)14-10-12(3)13(15)11-16-14/h10-11H,4-9H2,1-3H3. The molecule has 0 saturated carbocycles. The van der Waals surface area contributed by atoms with E-state index in [4.69, 9.17) is 9.47 Å². The van der Waals surface area contributed by atoms with Crippen molar-refractivity contribution in [3.63, 3.8) is 0 Å². The third-order valence-corrected chi connectivity index (χ3v) is 3.61. The molecule has 1 aromatic rings. The van der Waals surface area contributed by atoms with Crippen molar-refractivity contribution in [1.29, 1.82) is 0 Å². The van der Waals surface area contributed by atoms with Gasteiger partial charge in [-0.15, -0.1) is 0 Å². The zero-order valence-corrected chi connectivity index (χ0v) is 13.6. The van der Waals surface area contributed by atoms with Gasteiger partial charge in [0.05, 0.1) is 13.2 Å². The normalized spacial score (nSPS) is 10.7. The van der Waals surface area contributed by atoms with Crippen molar-refractivity contribution in [1.82, 2.24) is 4.98 Å². The van der Waals surface area contributed by atoms with Gasteiger partial charge in [0.15, 0.2) is 0 Å². The molecule has 5 heteroatoms. The fourth-order valence-electron chi connectivity index (χ4n) is 1.68. The molecule has 0 spiro atoms. The molecule has 0 fully saturated rings. The van der Waals surface area contributed by atoms with E-state index >= 15 is 0 Å². The maximum atomic E-state index is 5.43. The van der Waals surface area contributed by atoms with E-state index in [2.05, 4.69) is 38.8 Å². The number of nitrogens with zero attached hydrogens (tertiary/aromatic N) is 2. The molecular weight excluding hydrogens is 308 g/mol. The highest BCUT2D eigenvalue weighted by Gasteiger charge is 2.09. The molecule has 0 unspecified atom stereocenters. The number of anilines is 1. The summed E-state index contributed by atoms with van der Waals surface area (Å²) in [6, 6.07) is 2.09. The first kappa shape index (κ1) is 16.4. The van der Waals surface area contributed by atoms with Crippen LogP contribution in [0.3, 0.4) is 0 Å². The number of aryl methyl sites for hydroxylation is 1. The van der Waals surface area contributed by atoms with Crippen molar-refractivity contribution in [2.24, 2.45) is 0 Å². The molecule has 1 rings (SSSR count). The number of hydrogen-bond acceptors (Lipinski definition) is 4. The van der Waals surface area contributed by atoms with Crippen molar-refractivity contribution in [3.05, 3.63) is 22.3 Å². The molecule has 108 valence electrons. The van der Waals surface area contributed by atoms with Crippen LogP contribution in [0.4, 0.5) is 5.82 Å². The van der Waals surface area contributed by atoms with Crippen molar-refractivity contribution in [2.75, 3.05) is 44.4 Å². The highest BCUT2D eigenvalue weighted by atomic mass is 79.9. The Morgan fingerprint density at radius 1 is 1.16 bits per heavy atom.